The number of hydrazine groups is 1. The molecule has 160 valence electrons. The molecule has 1 saturated heterocycles. The minimum Gasteiger partial charge on any atom is -0.459 e. The van der Waals surface area contributed by atoms with Gasteiger partial charge in [-0.15, -0.1) is 10.2 Å². The molecule has 1 atom stereocenters. The highest BCUT2D eigenvalue weighted by Gasteiger charge is 2.48. The number of amides is 4. The molecule has 10 nitrogen and oxygen atoms in total. The zero-order valence-electron chi connectivity index (χ0n) is 16.5. The molecule has 31 heavy (non-hydrogen) atoms. The summed E-state index contributed by atoms with van der Waals surface area (Å²) in [5.41, 5.74) is 2.29. The van der Waals surface area contributed by atoms with E-state index in [1.54, 1.807) is 19.1 Å². The summed E-state index contributed by atoms with van der Waals surface area (Å²) < 4.78 is 10.6. The standard InChI is InChI=1S/C20H19N5O5S/c1-20(10-9-13-6-3-2-4-7-13)17(27)25(18(28)21-20)24-15(26)12-31-19-23-22-16(30-19)14-8-5-11-29-14/h2-8,11H,9-10,12H2,1H3,(H,21,28)(H,24,26)/t20-/m1/s1. The van der Waals surface area contributed by atoms with Crippen molar-refractivity contribution in [1.82, 2.24) is 25.9 Å². The Morgan fingerprint density at radius 1 is 1.19 bits per heavy atom. The quantitative estimate of drug-likeness (QED) is 0.402. The molecule has 4 rings (SSSR count). The third kappa shape index (κ3) is 4.61. The van der Waals surface area contributed by atoms with Gasteiger partial charge in [0.15, 0.2) is 5.76 Å². The number of nitrogens with one attached hydrogen (secondary N) is 2. The van der Waals surface area contributed by atoms with Crippen molar-refractivity contribution in [2.45, 2.75) is 30.5 Å². The van der Waals surface area contributed by atoms with Gasteiger partial charge in [-0.25, -0.2) is 4.79 Å². The Balaban J connectivity index is 1.30. The van der Waals surface area contributed by atoms with Crippen molar-refractivity contribution in [2.75, 3.05) is 5.75 Å². The van der Waals surface area contributed by atoms with Crippen molar-refractivity contribution in [1.29, 1.82) is 0 Å². The first-order chi connectivity index (χ1) is 14.9. The number of aromatic nitrogens is 2. The molecule has 1 aliphatic heterocycles. The van der Waals surface area contributed by atoms with Gasteiger partial charge in [-0.1, -0.05) is 42.1 Å². The Kier molecular flexibility index (Phi) is 5.76. The zero-order chi connectivity index (χ0) is 21.8. The van der Waals surface area contributed by atoms with Crippen LogP contribution in [-0.2, 0) is 16.0 Å². The minimum atomic E-state index is -1.10. The van der Waals surface area contributed by atoms with Crippen molar-refractivity contribution in [3.63, 3.8) is 0 Å². The van der Waals surface area contributed by atoms with E-state index in [9.17, 15) is 14.4 Å². The van der Waals surface area contributed by atoms with Crippen LogP contribution in [0.15, 0.2) is 62.8 Å². The van der Waals surface area contributed by atoms with Gasteiger partial charge >= 0.3 is 6.03 Å². The molecule has 0 spiro atoms. The SMILES string of the molecule is C[C@]1(CCc2ccccc2)NC(=O)N(NC(=O)CSc2nnc(-c3ccco3)o2)C1=O. The van der Waals surface area contributed by atoms with E-state index in [2.05, 4.69) is 20.9 Å². The monoisotopic (exact) mass is 441 g/mol. The summed E-state index contributed by atoms with van der Waals surface area (Å²) in [6, 6.07) is 12.3. The lowest BCUT2D eigenvalue weighted by Gasteiger charge is -2.21. The Morgan fingerprint density at radius 2 is 2.00 bits per heavy atom. The molecule has 0 unspecified atom stereocenters. The number of aryl methyl sites for hydroxylation is 1. The third-order valence-electron chi connectivity index (χ3n) is 4.72. The predicted molar refractivity (Wildman–Crippen MR) is 109 cm³/mol. The minimum absolute atomic E-state index is 0.127. The molecule has 0 bridgehead atoms. The number of hydrogen-bond acceptors (Lipinski definition) is 8. The zero-order valence-corrected chi connectivity index (χ0v) is 17.3. The summed E-state index contributed by atoms with van der Waals surface area (Å²) in [5, 5.41) is 11.2. The van der Waals surface area contributed by atoms with Crippen molar-refractivity contribution >= 4 is 29.6 Å². The van der Waals surface area contributed by atoms with Gasteiger partial charge in [0.2, 0.25) is 5.91 Å². The van der Waals surface area contributed by atoms with Crippen LogP contribution in [0.1, 0.15) is 18.9 Å². The van der Waals surface area contributed by atoms with Crippen molar-refractivity contribution in [3.05, 3.63) is 54.3 Å². The highest BCUT2D eigenvalue weighted by molar-refractivity contribution is 7.99. The molecule has 3 heterocycles. The lowest BCUT2D eigenvalue weighted by atomic mass is 9.93. The fourth-order valence-corrected chi connectivity index (χ4v) is 3.60. The number of nitrogens with zero attached hydrogens (tertiary/aromatic N) is 3. The first-order valence-corrected chi connectivity index (χ1v) is 10.4. The van der Waals surface area contributed by atoms with E-state index >= 15 is 0 Å². The summed E-state index contributed by atoms with van der Waals surface area (Å²) in [6.45, 7) is 1.64. The van der Waals surface area contributed by atoms with Gasteiger partial charge in [-0.3, -0.25) is 15.0 Å². The van der Waals surface area contributed by atoms with Crippen LogP contribution in [0.2, 0.25) is 0 Å². The number of rotatable bonds is 8. The number of furan rings is 1. The van der Waals surface area contributed by atoms with Crippen molar-refractivity contribution < 1.29 is 23.2 Å². The van der Waals surface area contributed by atoms with Gasteiger partial charge in [0.1, 0.15) is 5.54 Å². The molecule has 0 aliphatic carbocycles. The average molecular weight is 441 g/mol. The van der Waals surface area contributed by atoms with Crippen LogP contribution in [0, 0.1) is 0 Å². The van der Waals surface area contributed by atoms with E-state index in [0.29, 0.717) is 18.6 Å². The fraction of sp³-hybridized carbons (Fsp3) is 0.250. The third-order valence-corrected chi connectivity index (χ3v) is 5.54. The molecule has 0 saturated carbocycles. The lowest BCUT2D eigenvalue weighted by Crippen LogP contribution is -2.49. The molecular formula is C20H19N5O5S. The number of carbonyl (C=O) groups excluding carboxylic acids is 3. The first-order valence-electron chi connectivity index (χ1n) is 9.45. The lowest BCUT2D eigenvalue weighted by molar-refractivity contribution is -0.138. The average Bonchev–Trinajstić information content (AvgIpc) is 3.50. The summed E-state index contributed by atoms with van der Waals surface area (Å²) in [4.78, 5) is 37.3. The molecule has 4 amide bonds. The highest BCUT2D eigenvalue weighted by Crippen LogP contribution is 2.24. The maximum absolute atomic E-state index is 12.8. The van der Waals surface area contributed by atoms with Crippen LogP contribution < -0.4 is 10.7 Å². The number of imide groups is 1. The summed E-state index contributed by atoms with van der Waals surface area (Å²) in [6.07, 6.45) is 2.49. The number of urea groups is 1. The van der Waals surface area contributed by atoms with Gasteiger partial charge in [0.25, 0.3) is 17.0 Å². The second-order valence-electron chi connectivity index (χ2n) is 7.06. The van der Waals surface area contributed by atoms with Gasteiger partial charge in [-0.2, -0.15) is 5.01 Å². The van der Waals surface area contributed by atoms with Crippen LogP contribution in [0.3, 0.4) is 0 Å². The van der Waals surface area contributed by atoms with E-state index in [0.717, 1.165) is 22.3 Å². The fourth-order valence-electron chi connectivity index (χ4n) is 3.05. The topological polar surface area (TPSA) is 131 Å². The van der Waals surface area contributed by atoms with Crippen LogP contribution in [0.4, 0.5) is 4.79 Å². The van der Waals surface area contributed by atoms with Gasteiger partial charge < -0.3 is 14.2 Å². The number of carbonyl (C=O) groups is 3. The van der Waals surface area contributed by atoms with E-state index in [4.69, 9.17) is 8.83 Å². The summed E-state index contributed by atoms with van der Waals surface area (Å²) in [7, 11) is 0. The second-order valence-corrected chi connectivity index (χ2v) is 7.99. The van der Waals surface area contributed by atoms with Crippen molar-refractivity contribution in [3.8, 4) is 11.7 Å². The molecule has 0 radical (unpaired) electrons. The van der Waals surface area contributed by atoms with Crippen LogP contribution in [0.25, 0.3) is 11.7 Å². The molecule has 11 heteroatoms. The number of thioether (sulfide) groups is 1. The van der Waals surface area contributed by atoms with Gasteiger partial charge in [0.05, 0.1) is 12.0 Å². The number of hydrogen-bond donors (Lipinski definition) is 2. The Hall–Kier alpha value is -3.60. The van der Waals surface area contributed by atoms with Crippen LogP contribution in [0.5, 0.6) is 0 Å². The molecule has 1 aliphatic rings. The van der Waals surface area contributed by atoms with Crippen LogP contribution in [-0.4, -0.2) is 44.3 Å². The summed E-state index contributed by atoms with van der Waals surface area (Å²) >= 11 is 0.976. The molecule has 1 fully saturated rings. The molecule has 2 aromatic heterocycles. The maximum atomic E-state index is 12.8. The second kappa shape index (κ2) is 8.64. The summed E-state index contributed by atoms with van der Waals surface area (Å²) in [5.74, 6) is -0.588. The van der Waals surface area contributed by atoms with Crippen molar-refractivity contribution in [2.24, 2.45) is 0 Å². The Labute approximate surface area is 181 Å². The van der Waals surface area contributed by atoms with Gasteiger partial charge in [-0.05, 0) is 37.5 Å². The highest BCUT2D eigenvalue weighted by atomic mass is 32.2. The van der Waals surface area contributed by atoms with E-state index < -0.39 is 23.4 Å². The predicted octanol–water partition coefficient (Wildman–Crippen LogP) is 2.40. The number of benzene rings is 1. The van der Waals surface area contributed by atoms with E-state index in [-0.39, 0.29) is 16.9 Å². The Morgan fingerprint density at radius 3 is 2.74 bits per heavy atom. The molecular weight excluding hydrogens is 422 g/mol. The van der Waals surface area contributed by atoms with E-state index in [1.165, 1.54) is 6.26 Å². The largest absolute Gasteiger partial charge is 0.459 e. The first kappa shape index (κ1) is 20.7. The molecule has 2 N–H and O–H groups in total. The van der Waals surface area contributed by atoms with Crippen LogP contribution >= 0.6 is 11.8 Å². The van der Waals surface area contributed by atoms with E-state index in [1.807, 2.05) is 30.3 Å². The van der Waals surface area contributed by atoms with Gasteiger partial charge in [0, 0.05) is 0 Å². The molecule has 1 aromatic carbocycles. The Bertz CT molecular complexity index is 1080. The normalized spacial score (nSPS) is 18.3. The maximum Gasteiger partial charge on any atom is 0.344 e. The smallest absolute Gasteiger partial charge is 0.344 e. The molecule has 3 aromatic rings.